The monoisotopic (exact) mass is 234 g/mol. The van der Waals surface area contributed by atoms with Gasteiger partial charge in [0.25, 0.3) is 0 Å². The van der Waals surface area contributed by atoms with Gasteiger partial charge in [-0.1, -0.05) is 17.8 Å². The number of thioether (sulfide) groups is 1. The standard InChI is InChI=1S/C9H10N6S/c10-8(11)7-6(2-1-3-12-7)4-16-9-13-5-14-15-9/h1-3,5H,4H2,(H3,10,11)(H,13,14,15). The first kappa shape index (κ1) is 10.6. The molecule has 82 valence electrons. The number of H-pyrrole nitrogens is 1. The van der Waals surface area contributed by atoms with Crippen molar-refractivity contribution in [2.75, 3.05) is 0 Å². The van der Waals surface area contributed by atoms with Gasteiger partial charge in [0.15, 0.2) is 5.16 Å². The van der Waals surface area contributed by atoms with Crippen LogP contribution in [0.1, 0.15) is 11.3 Å². The average Bonchev–Trinajstić information content (AvgIpc) is 2.79. The highest BCUT2D eigenvalue weighted by Crippen LogP contribution is 2.19. The van der Waals surface area contributed by atoms with Crippen molar-refractivity contribution in [2.45, 2.75) is 10.9 Å². The van der Waals surface area contributed by atoms with E-state index in [4.69, 9.17) is 11.1 Å². The maximum absolute atomic E-state index is 7.40. The molecule has 16 heavy (non-hydrogen) atoms. The van der Waals surface area contributed by atoms with Gasteiger partial charge in [0.2, 0.25) is 0 Å². The second-order valence-corrected chi connectivity index (χ2v) is 3.97. The minimum Gasteiger partial charge on any atom is -0.382 e. The van der Waals surface area contributed by atoms with Gasteiger partial charge in [-0.05, 0) is 11.6 Å². The van der Waals surface area contributed by atoms with Crippen LogP contribution >= 0.6 is 11.8 Å². The van der Waals surface area contributed by atoms with E-state index in [0.29, 0.717) is 11.4 Å². The number of aromatic nitrogens is 4. The summed E-state index contributed by atoms with van der Waals surface area (Å²) in [6, 6.07) is 3.72. The molecule has 0 unspecified atom stereocenters. The highest BCUT2D eigenvalue weighted by Gasteiger charge is 2.07. The van der Waals surface area contributed by atoms with E-state index in [-0.39, 0.29) is 5.84 Å². The maximum Gasteiger partial charge on any atom is 0.183 e. The zero-order chi connectivity index (χ0) is 11.4. The highest BCUT2D eigenvalue weighted by atomic mass is 32.2. The Kier molecular flexibility index (Phi) is 3.16. The van der Waals surface area contributed by atoms with Crippen LogP contribution in [-0.4, -0.2) is 26.0 Å². The molecule has 0 bridgehead atoms. The molecule has 7 heteroatoms. The van der Waals surface area contributed by atoms with Crippen LogP contribution in [-0.2, 0) is 5.75 Å². The molecule has 2 aromatic rings. The predicted molar refractivity (Wildman–Crippen MR) is 61.2 cm³/mol. The van der Waals surface area contributed by atoms with E-state index in [9.17, 15) is 0 Å². The van der Waals surface area contributed by atoms with E-state index in [2.05, 4.69) is 20.2 Å². The number of aromatic amines is 1. The summed E-state index contributed by atoms with van der Waals surface area (Å²) < 4.78 is 0. The molecule has 2 rings (SSSR count). The smallest absolute Gasteiger partial charge is 0.183 e. The maximum atomic E-state index is 7.40. The first-order valence-electron chi connectivity index (χ1n) is 4.54. The van der Waals surface area contributed by atoms with Gasteiger partial charge in [-0.2, -0.15) is 5.10 Å². The molecule has 6 nitrogen and oxygen atoms in total. The van der Waals surface area contributed by atoms with Crippen LogP contribution in [0.5, 0.6) is 0 Å². The van der Waals surface area contributed by atoms with Crippen molar-refractivity contribution in [1.82, 2.24) is 20.2 Å². The van der Waals surface area contributed by atoms with Crippen molar-refractivity contribution in [3.05, 3.63) is 35.9 Å². The fraction of sp³-hybridized carbons (Fsp3) is 0.111. The van der Waals surface area contributed by atoms with Crippen LogP contribution in [0.15, 0.2) is 29.8 Å². The van der Waals surface area contributed by atoms with Gasteiger partial charge in [0, 0.05) is 11.9 Å². The van der Waals surface area contributed by atoms with Crippen molar-refractivity contribution in [3.8, 4) is 0 Å². The summed E-state index contributed by atoms with van der Waals surface area (Å²) >= 11 is 1.49. The molecule has 4 N–H and O–H groups in total. The average molecular weight is 234 g/mol. The molecule has 0 aromatic carbocycles. The Hall–Kier alpha value is -1.89. The molecule has 0 aliphatic carbocycles. The Morgan fingerprint density at radius 3 is 3.06 bits per heavy atom. The van der Waals surface area contributed by atoms with Gasteiger partial charge in [-0.25, -0.2) is 4.98 Å². The lowest BCUT2D eigenvalue weighted by Gasteiger charge is -2.04. The number of amidine groups is 1. The number of hydrogen-bond acceptors (Lipinski definition) is 5. The summed E-state index contributed by atoms with van der Waals surface area (Å²) in [4.78, 5) is 8.07. The van der Waals surface area contributed by atoms with Gasteiger partial charge in [0.05, 0.1) is 0 Å². The quantitative estimate of drug-likeness (QED) is 0.412. The first-order valence-corrected chi connectivity index (χ1v) is 5.52. The summed E-state index contributed by atoms with van der Waals surface area (Å²) in [5, 5.41) is 14.6. The lowest BCUT2D eigenvalue weighted by molar-refractivity contribution is 0.972. The molecule has 0 spiro atoms. The van der Waals surface area contributed by atoms with Gasteiger partial charge < -0.3 is 5.73 Å². The van der Waals surface area contributed by atoms with Crippen molar-refractivity contribution in [3.63, 3.8) is 0 Å². The van der Waals surface area contributed by atoms with E-state index in [1.807, 2.05) is 12.1 Å². The van der Waals surface area contributed by atoms with E-state index >= 15 is 0 Å². The molecule has 0 fully saturated rings. The van der Waals surface area contributed by atoms with E-state index in [0.717, 1.165) is 10.7 Å². The molecule has 0 radical (unpaired) electrons. The van der Waals surface area contributed by atoms with Crippen LogP contribution in [0.25, 0.3) is 0 Å². The number of pyridine rings is 1. The normalized spacial score (nSPS) is 10.2. The topological polar surface area (TPSA) is 104 Å². The summed E-state index contributed by atoms with van der Waals surface area (Å²) in [5.74, 6) is 0.631. The molecule has 0 saturated carbocycles. The van der Waals surface area contributed by atoms with Gasteiger partial charge in [-0.3, -0.25) is 15.5 Å². The molecule has 2 heterocycles. The van der Waals surface area contributed by atoms with Crippen LogP contribution in [0.2, 0.25) is 0 Å². The Bertz CT molecular complexity index is 481. The Morgan fingerprint density at radius 1 is 1.50 bits per heavy atom. The zero-order valence-corrected chi connectivity index (χ0v) is 9.16. The minimum atomic E-state index is -0.0197. The van der Waals surface area contributed by atoms with Crippen molar-refractivity contribution in [1.29, 1.82) is 5.41 Å². The molecule has 0 atom stereocenters. The number of nitrogens with zero attached hydrogens (tertiary/aromatic N) is 3. The summed E-state index contributed by atoms with van der Waals surface area (Å²) in [7, 11) is 0. The van der Waals surface area contributed by atoms with Crippen LogP contribution < -0.4 is 5.73 Å². The third-order valence-electron chi connectivity index (χ3n) is 1.90. The largest absolute Gasteiger partial charge is 0.382 e. The van der Waals surface area contributed by atoms with Crippen molar-refractivity contribution in [2.24, 2.45) is 5.73 Å². The molecular formula is C9H10N6S. The molecule has 0 saturated heterocycles. The van der Waals surface area contributed by atoms with Crippen molar-refractivity contribution >= 4 is 17.6 Å². The Morgan fingerprint density at radius 2 is 2.38 bits per heavy atom. The van der Waals surface area contributed by atoms with Gasteiger partial charge in [-0.15, -0.1) is 0 Å². The third-order valence-corrected chi connectivity index (χ3v) is 2.83. The second-order valence-electron chi connectivity index (χ2n) is 3.00. The highest BCUT2D eigenvalue weighted by molar-refractivity contribution is 7.98. The zero-order valence-electron chi connectivity index (χ0n) is 8.34. The third kappa shape index (κ3) is 2.37. The van der Waals surface area contributed by atoms with E-state index < -0.39 is 0 Å². The molecule has 0 amide bonds. The summed E-state index contributed by atoms with van der Waals surface area (Å²) in [6.07, 6.45) is 3.08. The fourth-order valence-corrected chi connectivity index (χ4v) is 1.97. The van der Waals surface area contributed by atoms with Crippen LogP contribution in [0, 0.1) is 5.41 Å². The Labute approximate surface area is 96.2 Å². The predicted octanol–water partition coefficient (Wildman–Crippen LogP) is 0.776. The van der Waals surface area contributed by atoms with Crippen LogP contribution in [0.4, 0.5) is 0 Å². The van der Waals surface area contributed by atoms with Crippen LogP contribution in [0.3, 0.4) is 0 Å². The molecular weight excluding hydrogens is 224 g/mol. The molecule has 0 aliphatic rings. The number of hydrogen-bond donors (Lipinski definition) is 3. The number of rotatable bonds is 4. The van der Waals surface area contributed by atoms with Gasteiger partial charge in [0.1, 0.15) is 17.9 Å². The lowest BCUT2D eigenvalue weighted by Crippen LogP contribution is -2.15. The van der Waals surface area contributed by atoms with Crippen molar-refractivity contribution < 1.29 is 0 Å². The minimum absolute atomic E-state index is 0.0197. The number of nitrogens with one attached hydrogen (secondary N) is 2. The molecule has 0 aliphatic heterocycles. The summed E-state index contributed by atoms with van der Waals surface area (Å²) in [6.45, 7) is 0. The summed E-state index contributed by atoms with van der Waals surface area (Å²) in [5.41, 5.74) is 6.88. The van der Waals surface area contributed by atoms with E-state index in [1.165, 1.54) is 18.1 Å². The molecule has 2 aromatic heterocycles. The number of nitrogen functional groups attached to an aromatic ring is 1. The van der Waals surface area contributed by atoms with E-state index in [1.54, 1.807) is 6.20 Å². The second kappa shape index (κ2) is 4.75. The number of nitrogens with two attached hydrogens (primary N) is 1. The first-order chi connectivity index (χ1) is 7.77. The lowest BCUT2D eigenvalue weighted by atomic mass is 10.2. The Balaban J connectivity index is 2.12. The SMILES string of the molecule is N=C(N)c1ncccc1CSc1ncn[nH]1. The van der Waals surface area contributed by atoms with Gasteiger partial charge >= 0.3 is 0 Å². The fourth-order valence-electron chi connectivity index (χ4n) is 1.21.